The molecule has 0 rings (SSSR count). The molecule has 4 N–H and O–H groups in total. The molecule has 0 fully saturated rings. The van der Waals surface area contributed by atoms with Gasteiger partial charge in [0.15, 0.2) is 0 Å². The van der Waals surface area contributed by atoms with Crippen molar-refractivity contribution in [2.24, 2.45) is 5.73 Å². The van der Waals surface area contributed by atoms with E-state index in [-0.39, 0.29) is 6.61 Å². The first kappa shape index (κ1) is 8.98. The number of rotatable bonds is 4. The molecule has 5 heteroatoms. The SMILES string of the molecule is NC(CCCO)[P+](=O)O. The van der Waals surface area contributed by atoms with E-state index in [1.165, 1.54) is 0 Å². The molecular formula is C4H11NO3P+. The summed E-state index contributed by atoms with van der Waals surface area (Å²) in [5.41, 5.74) is 5.16. The predicted molar refractivity (Wildman–Crippen MR) is 34.1 cm³/mol. The highest BCUT2D eigenvalue weighted by Crippen LogP contribution is 2.20. The zero-order valence-corrected chi connectivity index (χ0v) is 5.92. The van der Waals surface area contributed by atoms with E-state index in [1.807, 2.05) is 0 Å². The van der Waals surface area contributed by atoms with Crippen molar-refractivity contribution >= 4 is 8.03 Å². The fourth-order valence-electron chi connectivity index (χ4n) is 0.411. The molecule has 0 heterocycles. The number of aliphatic hydroxyl groups excluding tert-OH is 1. The highest BCUT2D eigenvalue weighted by molar-refractivity contribution is 7.38. The molecule has 0 aromatic carbocycles. The molecule has 0 saturated carbocycles. The first-order chi connectivity index (χ1) is 4.18. The molecule has 0 radical (unpaired) electrons. The number of hydrogen-bond acceptors (Lipinski definition) is 3. The zero-order chi connectivity index (χ0) is 7.28. The quantitative estimate of drug-likeness (QED) is 0.486. The maximum Gasteiger partial charge on any atom is 0.524 e. The summed E-state index contributed by atoms with van der Waals surface area (Å²) in [7, 11) is -2.26. The van der Waals surface area contributed by atoms with E-state index < -0.39 is 13.8 Å². The Balaban J connectivity index is 3.27. The van der Waals surface area contributed by atoms with Crippen molar-refractivity contribution in [1.82, 2.24) is 0 Å². The van der Waals surface area contributed by atoms with Crippen molar-refractivity contribution in [2.45, 2.75) is 18.6 Å². The van der Waals surface area contributed by atoms with Gasteiger partial charge >= 0.3 is 8.03 Å². The van der Waals surface area contributed by atoms with Crippen LogP contribution in [0.1, 0.15) is 12.8 Å². The predicted octanol–water partition coefficient (Wildman–Crippen LogP) is -0.222. The summed E-state index contributed by atoms with van der Waals surface area (Å²) >= 11 is 0. The van der Waals surface area contributed by atoms with Crippen molar-refractivity contribution in [3.63, 3.8) is 0 Å². The third-order valence-corrected chi connectivity index (χ3v) is 1.77. The molecule has 0 aromatic heterocycles. The molecule has 9 heavy (non-hydrogen) atoms. The smallest absolute Gasteiger partial charge is 0.396 e. The topological polar surface area (TPSA) is 83.5 Å². The van der Waals surface area contributed by atoms with Crippen LogP contribution in [0.3, 0.4) is 0 Å². The Morgan fingerprint density at radius 1 is 1.67 bits per heavy atom. The fraction of sp³-hybridized carbons (Fsp3) is 1.00. The van der Waals surface area contributed by atoms with Gasteiger partial charge in [-0.25, -0.2) is 0 Å². The summed E-state index contributed by atoms with van der Waals surface area (Å²) < 4.78 is 10.1. The Bertz CT molecular complexity index is 97.8. The molecule has 2 atom stereocenters. The highest BCUT2D eigenvalue weighted by Gasteiger charge is 2.22. The minimum atomic E-state index is -2.26. The average molecular weight is 152 g/mol. The molecular weight excluding hydrogens is 141 g/mol. The minimum absolute atomic E-state index is 0.0247. The lowest BCUT2D eigenvalue weighted by atomic mass is 10.3. The van der Waals surface area contributed by atoms with Crippen molar-refractivity contribution in [2.75, 3.05) is 6.61 Å². The summed E-state index contributed by atoms with van der Waals surface area (Å²) in [6.07, 6.45) is 0.894. The second-order valence-corrected chi connectivity index (χ2v) is 3.00. The standard InChI is InChI=1S/C4H10NO3P/c5-4(9(7)8)2-1-3-6/h4,6H,1-3,5H2/p+1. The van der Waals surface area contributed by atoms with Gasteiger partial charge in [0, 0.05) is 13.0 Å². The van der Waals surface area contributed by atoms with E-state index in [2.05, 4.69) is 0 Å². The van der Waals surface area contributed by atoms with Crippen molar-refractivity contribution in [3.05, 3.63) is 0 Å². The highest BCUT2D eigenvalue weighted by atomic mass is 31.1. The van der Waals surface area contributed by atoms with E-state index in [4.69, 9.17) is 15.7 Å². The van der Waals surface area contributed by atoms with Crippen LogP contribution in [0.5, 0.6) is 0 Å². The van der Waals surface area contributed by atoms with Crippen LogP contribution in [0.25, 0.3) is 0 Å². The van der Waals surface area contributed by atoms with Gasteiger partial charge in [0.2, 0.25) is 5.78 Å². The molecule has 0 amide bonds. The fourth-order valence-corrected chi connectivity index (χ4v) is 0.814. The Hall–Kier alpha value is -0.0200. The van der Waals surface area contributed by atoms with Crippen LogP contribution in [0.2, 0.25) is 0 Å². The minimum Gasteiger partial charge on any atom is -0.396 e. The maximum absolute atomic E-state index is 10.1. The monoisotopic (exact) mass is 152 g/mol. The van der Waals surface area contributed by atoms with E-state index in [0.717, 1.165) is 0 Å². The van der Waals surface area contributed by atoms with Crippen LogP contribution in [-0.4, -0.2) is 22.4 Å². The van der Waals surface area contributed by atoms with E-state index in [9.17, 15) is 4.57 Å². The van der Waals surface area contributed by atoms with Crippen LogP contribution in [0.4, 0.5) is 0 Å². The number of aliphatic hydroxyl groups is 1. The van der Waals surface area contributed by atoms with Gasteiger partial charge in [-0.2, -0.15) is 4.89 Å². The van der Waals surface area contributed by atoms with Gasteiger partial charge in [0.05, 0.1) is 0 Å². The Kier molecular flexibility index (Phi) is 4.81. The lowest BCUT2D eigenvalue weighted by molar-refractivity contribution is 0.283. The second kappa shape index (κ2) is 4.82. The Morgan fingerprint density at radius 2 is 2.22 bits per heavy atom. The van der Waals surface area contributed by atoms with Crippen molar-refractivity contribution in [1.29, 1.82) is 0 Å². The van der Waals surface area contributed by atoms with Crippen LogP contribution >= 0.6 is 8.03 Å². The molecule has 0 aliphatic heterocycles. The zero-order valence-electron chi connectivity index (χ0n) is 5.03. The van der Waals surface area contributed by atoms with Gasteiger partial charge in [-0.15, -0.1) is 0 Å². The average Bonchev–Trinajstić information content (AvgIpc) is 1.82. The molecule has 0 bridgehead atoms. The van der Waals surface area contributed by atoms with Crippen LogP contribution < -0.4 is 5.73 Å². The van der Waals surface area contributed by atoms with Crippen LogP contribution in [0, 0.1) is 0 Å². The molecule has 0 spiro atoms. The third-order valence-electron chi connectivity index (χ3n) is 0.942. The second-order valence-electron chi connectivity index (χ2n) is 1.74. The van der Waals surface area contributed by atoms with Crippen LogP contribution in [0.15, 0.2) is 0 Å². The Labute approximate surface area is 54.6 Å². The first-order valence-corrected chi connectivity index (χ1v) is 3.98. The normalized spacial score (nSPS) is 15.2. The molecule has 0 aromatic rings. The molecule has 2 unspecified atom stereocenters. The summed E-state index contributed by atoms with van der Waals surface area (Å²) in [5.74, 6) is -0.674. The van der Waals surface area contributed by atoms with Crippen molar-refractivity contribution in [3.8, 4) is 0 Å². The molecule has 0 aliphatic carbocycles. The number of hydrogen-bond donors (Lipinski definition) is 3. The van der Waals surface area contributed by atoms with Gasteiger partial charge in [-0.05, 0) is 11.0 Å². The van der Waals surface area contributed by atoms with Gasteiger partial charge < -0.3 is 5.11 Å². The summed E-state index contributed by atoms with van der Waals surface area (Å²) in [4.78, 5) is 8.35. The largest absolute Gasteiger partial charge is 0.524 e. The van der Waals surface area contributed by atoms with Gasteiger partial charge in [-0.1, -0.05) is 0 Å². The molecule has 0 aliphatic rings. The molecule has 4 nitrogen and oxygen atoms in total. The summed E-state index contributed by atoms with van der Waals surface area (Å²) in [6, 6.07) is 0. The number of nitrogens with two attached hydrogens (primary N) is 1. The van der Waals surface area contributed by atoms with E-state index in [1.54, 1.807) is 0 Å². The molecule has 0 saturated heterocycles. The summed E-state index contributed by atoms with van der Waals surface area (Å²) in [5, 5.41) is 8.26. The molecule has 54 valence electrons. The summed E-state index contributed by atoms with van der Waals surface area (Å²) in [6.45, 7) is 0.0247. The lowest BCUT2D eigenvalue weighted by Crippen LogP contribution is -2.15. The van der Waals surface area contributed by atoms with E-state index in [0.29, 0.717) is 12.8 Å². The van der Waals surface area contributed by atoms with Gasteiger partial charge in [-0.3, -0.25) is 5.73 Å². The Morgan fingerprint density at radius 3 is 2.56 bits per heavy atom. The van der Waals surface area contributed by atoms with Crippen molar-refractivity contribution < 1.29 is 14.6 Å². The van der Waals surface area contributed by atoms with Gasteiger partial charge in [0.25, 0.3) is 0 Å². The third kappa shape index (κ3) is 4.48. The van der Waals surface area contributed by atoms with Crippen LogP contribution in [-0.2, 0) is 4.57 Å². The first-order valence-electron chi connectivity index (χ1n) is 2.70. The lowest BCUT2D eigenvalue weighted by Gasteiger charge is -1.93. The maximum atomic E-state index is 10.1. The van der Waals surface area contributed by atoms with E-state index >= 15 is 0 Å². The van der Waals surface area contributed by atoms with Gasteiger partial charge in [0.1, 0.15) is 0 Å².